The fourth-order valence-corrected chi connectivity index (χ4v) is 2.38. The van der Waals surface area contributed by atoms with Crippen molar-refractivity contribution in [2.75, 3.05) is 16.8 Å². The maximum Gasteiger partial charge on any atom is 0.234 e. The SMILES string of the molecule is N#Cc1cccc(NC(=O)CSc2cccc(N)c2)c1. The van der Waals surface area contributed by atoms with E-state index >= 15 is 0 Å². The number of nitrogens with one attached hydrogen (secondary N) is 1. The van der Waals surface area contributed by atoms with Crippen LogP contribution in [0.4, 0.5) is 11.4 Å². The number of carbonyl (C=O) groups excluding carboxylic acids is 1. The minimum absolute atomic E-state index is 0.118. The van der Waals surface area contributed by atoms with Crippen molar-refractivity contribution in [3.05, 3.63) is 54.1 Å². The molecule has 0 atom stereocenters. The molecule has 0 fully saturated rings. The highest BCUT2D eigenvalue weighted by Gasteiger charge is 2.04. The molecule has 2 rings (SSSR count). The molecule has 0 unspecified atom stereocenters. The van der Waals surface area contributed by atoms with Gasteiger partial charge in [-0.2, -0.15) is 5.26 Å². The summed E-state index contributed by atoms with van der Waals surface area (Å²) in [4.78, 5) is 12.8. The summed E-state index contributed by atoms with van der Waals surface area (Å²) in [6, 6.07) is 16.2. The molecular formula is C15H13N3OS. The van der Waals surface area contributed by atoms with Crippen molar-refractivity contribution in [1.29, 1.82) is 5.26 Å². The number of nitriles is 1. The van der Waals surface area contributed by atoms with Crippen LogP contribution in [0.3, 0.4) is 0 Å². The third-order valence-electron chi connectivity index (χ3n) is 2.50. The maximum absolute atomic E-state index is 11.8. The third kappa shape index (κ3) is 4.04. The van der Waals surface area contributed by atoms with Crippen LogP contribution in [0, 0.1) is 11.3 Å². The van der Waals surface area contributed by atoms with Gasteiger partial charge < -0.3 is 11.1 Å². The van der Waals surface area contributed by atoms with Crippen LogP contribution in [-0.4, -0.2) is 11.7 Å². The molecule has 0 bridgehead atoms. The Labute approximate surface area is 121 Å². The molecule has 100 valence electrons. The summed E-state index contributed by atoms with van der Waals surface area (Å²) in [5.74, 6) is 0.174. The van der Waals surface area contributed by atoms with Crippen LogP contribution in [0.1, 0.15) is 5.56 Å². The van der Waals surface area contributed by atoms with Crippen molar-refractivity contribution in [3.63, 3.8) is 0 Å². The van der Waals surface area contributed by atoms with E-state index in [9.17, 15) is 4.79 Å². The Hall–Kier alpha value is -2.45. The lowest BCUT2D eigenvalue weighted by Gasteiger charge is -2.05. The lowest BCUT2D eigenvalue weighted by atomic mass is 10.2. The van der Waals surface area contributed by atoms with E-state index in [4.69, 9.17) is 11.0 Å². The van der Waals surface area contributed by atoms with E-state index in [1.54, 1.807) is 30.3 Å². The zero-order chi connectivity index (χ0) is 14.4. The van der Waals surface area contributed by atoms with E-state index in [-0.39, 0.29) is 5.91 Å². The summed E-state index contributed by atoms with van der Waals surface area (Å²) in [5, 5.41) is 11.6. The van der Waals surface area contributed by atoms with Crippen molar-refractivity contribution in [2.24, 2.45) is 0 Å². The van der Waals surface area contributed by atoms with Gasteiger partial charge in [0.25, 0.3) is 0 Å². The summed E-state index contributed by atoms with van der Waals surface area (Å²) in [6.07, 6.45) is 0. The summed E-state index contributed by atoms with van der Waals surface area (Å²) in [7, 11) is 0. The number of nitrogens with zero attached hydrogens (tertiary/aromatic N) is 1. The van der Waals surface area contributed by atoms with Gasteiger partial charge in [-0.1, -0.05) is 12.1 Å². The molecule has 4 nitrogen and oxygen atoms in total. The van der Waals surface area contributed by atoms with Gasteiger partial charge in [0.05, 0.1) is 17.4 Å². The van der Waals surface area contributed by atoms with Crippen molar-refractivity contribution >= 4 is 29.0 Å². The van der Waals surface area contributed by atoms with Crippen molar-refractivity contribution in [2.45, 2.75) is 4.90 Å². The summed E-state index contributed by atoms with van der Waals surface area (Å²) >= 11 is 1.41. The second kappa shape index (κ2) is 6.64. The molecule has 0 saturated carbocycles. The minimum Gasteiger partial charge on any atom is -0.399 e. The highest BCUT2D eigenvalue weighted by Crippen LogP contribution is 2.20. The molecule has 0 aliphatic rings. The number of hydrogen-bond acceptors (Lipinski definition) is 4. The maximum atomic E-state index is 11.8. The number of rotatable bonds is 4. The van der Waals surface area contributed by atoms with E-state index in [1.165, 1.54) is 11.8 Å². The molecule has 0 spiro atoms. The first-order valence-corrected chi connectivity index (χ1v) is 6.94. The summed E-state index contributed by atoms with van der Waals surface area (Å²) < 4.78 is 0. The van der Waals surface area contributed by atoms with Gasteiger partial charge in [0.15, 0.2) is 0 Å². The Morgan fingerprint density at radius 2 is 2.05 bits per heavy atom. The monoisotopic (exact) mass is 283 g/mol. The highest BCUT2D eigenvalue weighted by atomic mass is 32.2. The summed E-state index contributed by atoms with van der Waals surface area (Å²) in [5.41, 5.74) is 7.50. The van der Waals surface area contributed by atoms with Crippen molar-refractivity contribution < 1.29 is 4.79 Å². The van der Waals surface area contributed by atoms with E-state index < -0.39 is 0 Å². The largest absolute Gasteiger partial charge is 0.399 e. The van der Waals surface area contributed by atoms with Crippen molar-refractivity contribution in [3.8, 4) is 6.07 Å². The molecule has 0 radical (unpaired) electrons. The quantitative estimate of drug-likeness (QED) is 0.668. The van der Waals surface area contributed by atoms with Crippen LogP contribution in [-0.2, 0) is 4.79 Å². The van der Waals surface area contributed by atoms with Gasteiger partial charge in [0.2, 0.25) is 5.91 Å². The van der Waals surface area contributed by atoms with Crippen LogP contribution in [0.2, 0.25) is 0 Å². The number of benzene rings is 2. The molecule has 0 aliphatic heterocycles. The second-order valence-electron chi connectivity index (χ2n) is 4.10. The molecule has 20 heavy (non-hydrogen) atoms. The van der Waals surface area contributed by atoms with E-state index in [0.29, 0.717) is 22.7 Å². The molecular weight excluding hydrogens is 270 g/mol. The fraction of sp³-hybridized carbons (Fsp3) is 0.0667. The van der Waals surface area contributed by atoms with E-state index in [0.717, 1.165) is 4.90 Å². The topological polar surface area (TPSA) is 78.9 Å². The van der Waals surface area contributed by atoms with Crippen LogP contribution in [0.15, 0.2) is 53.4 Å². The van der Waals surface area contributed by atoms with Crippen molar-refractivity contribution in [1.82, 2.24) is 0 Å². The number of nitrogens with two attached hydrogens (primary N) is 1. The first kappa shape index (κ1) is 14.0. The number of carbonyl (C=O) groups is 1. The van der Waals surface area contributed by atoms with Crippen LogP contribution in [0.25, 0.3) is 0 Å². The minimum atomic E-state index is -0.118. The van der Waals surface area contributed by atoms with Gasteiger partial charge in [-0.15, -0.1) is 11.8 Å². The van der Waals surface area contributed by atoms with E-state index in [2.05, 4.69) is 5.32 Å². The zero-order valence-corrected chi connectivity index (χ0v) is 11.5. The molecule has 0 aliphatic carbocycles. The first-order valence-electron chi connectivity index (χ1n) is 5.96. The highest BCUT2D eigenvalue weighted by molar-refractivity contribution is 8.00. The number of nitrogen functional groups attached to an aromatic ring is 1. The predicted molar refractivity (Wildman–Crippen MR) is 81.4 cm³/mol. The number of thioether (sulfide) groups is 1. The zero-order valence-electron chi connectivity index (χ0n) is 10.7. The van der Waals surface area contributed by atoms with Gasteiger partial charge in [0.1, 0.15) is 0 Å². The number of amides is 1. The molecule has 2 aromatic carbocycles. The molecule has 2 aromatic rings. The summed E-state index contributed by atoms with van der Waals surface area (Å²) in [6.45, 7) is 0. The Morgan fingerprint density at radius 3 is 2.80 bits per heavy atom. The van der Waals surface area contributed by atoms with Crippen LogP contribution in [0.5, 0.6) is 0 Å². The smallest absolute Gasteiger partial charge is 0.234 e. The molecule has 1 amide bonds. The van der Waals surface area contributed by atoms with Gasteiger partial charge in [-0.05, 0) is 36.4 Å². The second-order valence-corrected chi connectivity index (χ2v) is 5.15. The Bertz CT molecular complexity index is 664. The third-order valence-corrected chi connectivity index (χ3v) is 3.50. The van der Waals surface area contributed by atoms with Gasteiger partial charge in [-0.3, -0.25) is 4.79 Å². The number of anilines is 2. The van der Waals surface area contributed by atoms with E-state index in [1.807, 2.05) is 24.3 Å². The Balaban J connectivity index is 1.91. The Morgan fingerprint density at radius 1 is 1.25 bits per heavy atom. The van der Waals surface area contributed by atoms with Gasteiger partial charge >= 0.3 is 0 Å². The standard InChI is InChI=1S/C15H13N3OS/c16-9-11-3-1-5-13(7-11)18-15(19)10-20-14-6-2-4-12(17)8-14/h1-8H,10,17H2,(H,18,19). The molecule has 0 saturated heterocycles. The molecule has 0 aromatic heterocycles. The average Bonchev–Trinajstić information content (AvgIpc) is 2.45. The Kier molecular flexibility index (Phi) is 4.64. The molecule has 5 heteroatoms. The molecule has 0 heterocycles. The average molecular weight is 283 g/mol. The number of hydrogen-bond donors (Lipinski definition) is 2. The lowest BCUT2D eigenvalue weighted by Crippen LogP contribution is -2.13. The lowest BCUT2D eigenvalue weighted by molar-refractivity contribution is -0.113. The van der Waals surface area contributed by atoms with Crippen LogP contribution >= 0.6 is 11.8 Å². The fourth-order valence-electron chi connectivity index (χ4n) is 1.62. The predicted octanol–water partition coefficient (Wildman–Crippen LogP) is 2.87. The van der Waals surface area contributed by atoms with Gasteiger partial charge in [-0.25, -0.2) is 0 Å². The normalized spacial score (nSPS) is 9.75. The van der Waals surface area contributed by atoms with Crippen LogP contribution < -0.4 is 11.1 Å². The molecule has 3 N–H and O–H groups in total. The first-order chi connectivity index (χ1) is 9.67. The van der Waals surface area contributed by atoms with Gasteiger partial charge in [0, 0.05) is 16.3 Å².